The Hall–Kier alpha value is -0.220. The molecule has 0 aliphatic carbocycles. The van der Waals surface area contributed by atoms with Crippen LogP contribution in [0, 0.1) is 5.92 Å². The van der Waals surface area contributed by atoms with Crippen molar-refractivity contribution in [2.45, 2.75) is 39.0 Å². The van der Waals surface area contributed by atoms with Crippen molar-refractivity contribution in [3.63, 3.8) is 0 Å². The molecule has 0 radical (unpaired) electrons. The second kappa shape index (κ2) is 6.50. The van der Waals surface area contributed by atoms with E-state index in [1.165, 1.54) is 0 Å². The SMILES string of the molecule is CCSC(C(=O)N1CCNC(C)C1)C(C)C. The Labute approximate surface area is 103 Å². The molecule has 0 aromatic carbocycles. The molecule has 0 bridgehead atoms. The van der Waals surface area contributed by atoms with Gasteiger partial charge in [-0.15, -0.1) is 11.8 Å². The fourth-order valence-electron chi connectivity index (χ4n) is 2.04. The molecule has 2 atom stereocenters. The Morgan fingerprint density at radius 3 is 2.75 bits per heavy atom. The number of nitrogens with one attached hydrogen (secondary N) is 1. The molecule has 94 valence electrons. The average molecular weight is 244 g/mol. The van der Waals surface area contributed by atoms with Gasteiger partial charge in [0.2, 0.25) is 5.91 Å². The summed E-state index contributed by atoms with van der Waals surface area (Å²) in [6.45, 7) is 11.2. The lowest BCUT2D eigenvalue weighted by atomic mass is 10.1. The van der Waals surface area contributed by atoms with Gasteiger partial charge in [0.15, 0.2) is 0 Å². The second-order valence-electron chi connectivity index (χ2n) is 4.76. The molecule has 1 N–H and O–H groups in total. The van der Waals surface area contributed by atoms with Gasteiger partial charge in [0.1, 0.15) is 0 Å². The van der Waals surface area contributed by atoms with Gasteiger partial charge in [0.25, 0.3) is 0 Å². The molecule has 4 heteroatoms. The van der Waals surface area contributed by atoms with Gasteiger partial charge < -0.3 is 10.2 Å². The van der Waals surface area contributed by atoms with Crippen LogP contribution in [0.15, 0.2) is 0 Å². The number of thioether (sulfide) groups is 1. The van der Waals surface area contributed by atoms with Crippen LogP contribution in [-0.2, 0) is 4.79 Å². The van der Waals surface area contributed by atoms with Crippen LogP contribution >= 0.6 is 11.8 Å². The van der Waals surface area contributed by atoms with Crippen molar-refractivity contribution >= 4 is 17.7 Å². The molecule has 1 aliphatic rings. The van der Waals surface area contributed by atoms with E-state index < -0.39 is 0 Å². The Morgan fingerprint density at radius 2 is 2.25 bits per heavy atom. The van der Waals surface area contributed by atoms with E-state index in [0.29, 0.717) is 17.9 Å². The molecule has 1 rings (SSSR count). The largest absolute Gasteiger partial charge is 0.339 e. The van der Waals surface area contributed by atoms with Gasteiger partial charge in [-0.05, 0) is 18.6 Å². The standard InChI is InChI=1S/C12H24N2OS/c1-5-16-11(9(2)3)12(15)14-7-6-13-10(4)8-14/h9-11,13H,5-8H2,1-4H3. The van der Waals surface area contributed by atoms with Crippen LogP contribution in [0.1, 0.15) is 27.7 Å². The molecule has 1 aliphatic heterocycles. The lowest BCUT2D eigenvalue weighted by molar-refractivity contribution is -0.132. The van der Waals surface area contributed by atoms with Crippen LogP contribution in [0.3, 0.4) is 0 Å². The van der Waals surface area contributed by atoms with Gasteiger partial charge in [0.05, 0.1) is 5.25 Å². The van der Waals surface area contributed by atoms with Gasteiger partial charge in [0, 0.05) is 25.7 Å². The van der Waals surface area contributed by atoms with Crippen molar-refractivity contribution in [1.29, 1.82) is 0 Å². The van der Waals surface area contributed by atoms with Crippen molar-refractivity contribution in [2.24, 2.45) is 5.92 Å². The molecule has 0 saturated carbocycles. The number of nitrogens with zero attached hydrogens (tertiary/aromatic N) is 1. The minimum atomic E-state index is 0.135. The van der Waals surface area contributed by atoms with E-state index in [2.05, 4.69) is 33.0 Å². The Kier molecular flexibility index (Phi) is 5.62. The average Bonchev–Trinajstić information content (AvgIpc) is 2.24. The number of rotatable bonds is 4. The lowest BCUT2D eigenvalue weighted by Crippen LogP contribution is -2.54. The van der Waals surface area contributed by atoms with E-state index in [1.807, 2.05) is 4.90 Å². The fourth-order valence-corrected chi connectivity index (χ4v) is 3.08. The first kappa shape index (κ1) is 13.8. The minimum absolute atomic E-state index is 0.135. The molecule has 0 aromatic rings. The van der Waals surface area contributed by atoms with E-state index in [4.69, 9.17) is 0 Å². The number of carbonyl (C=O) groups is 1. The summed E-state index contributed by atoms with van der Waals surface area (Å²) in [6.07, 6.45) is 0. The zero-order valence-corrected chi connectivity index (χ0v) is 11.6. The van der Waals surface area contributed by atoms with Crippen molar-refractivity contribution < 1.29 is 4.79 Å². The maximum Gasteiger partial charge on any atom is 0.236 e. The first-order valence-corrected chi connectivity index (χ1v) is 7.24. The molecule has 0 aromatic heterocycles. The number of amides is 1. The maximum absolute atomic E-state index is 12.4. The van der Waals surface area contributed by atoms with Crippen LogP contribution in [0.5, 0.6) is 0 Å². The molecule has 16 heavy (non-hydrogen) atoms. The van der Waals surface area contributed by atoms with E-state index >= 15 is 0 Å². The predicted octanol–water partition coefficient (Wildman–Crippen LogP) is 1.58. The van der Waals surface area contributed by atoms with Crippen molar-refractivity contribution in [2.75, 3.05) is 25.4 Å². The molecule has 2 unspecified atom stereocenters. The Morgan fingerprint density at radius 1 is 1.56 bits per heavy atom. The highest BCUT2D eigenvalue weighted by atomic mass is 32.2. The van der Waals surface area contributed by atoms with Gasteiger partial charge in [-0.2, -0.15) is 0 Å². The van der Waals surface area contributed by atoms with Gasteiger partial charge in [-0.25, -0.2) is 0 Å². The zero-order chi connectivity index (χ0) is 12.1. The van der Waals surface area contributed by atoms with Gasteiger partial charge in [-0.3, -0.25) is 4.79 Å². The predicted molar refractivity (Wildman–Crippen MR) is 70.8 cm³/mol. The number of carbonyl (C=O) groups excluding carboxylic acids is 1. The summed E-state index contributed by atoms with van der Waals surface area (Å²) < 4.78 is 0. The highest BCUT2D eigenvalue weighted by molar-refractivity contribution is 8.00. The summed E-state index contributed by atoms with van der Waals surface area (Å²) >= 11 is 1.78. The van der Waals surface area contributed by atoms with Crippen molar-refractivity contribution in [1.82, 2.24) is 10.2 Å². The highest BCUT2D eigenvalue weighted by Gasteiger charge is 2.29. The van der Waals surface area contributed by atoms with E-state index in [-0.39, 0.29) is 5.25 Å². The fraction of sp³-hybridized carbons (Fsp3) is 0.917. The monoisotopic (exact) mass is 244 g/mol. The van der Waals surface area contributed by atoms with E-state index in [9.17, 15) is 4.79 Å². The molecular weight excluding hydrogens is 220 g/mol. The highest BCUT2D eigenvalue weighted by Crippen LogP contribution is 2.22. The van der Waals surface area contributed by atoms with Gasteiger partial charge in [-0.1, -0.05) is 20.8 Å². The van der Waals surface area contributed by atoms with Crippen LogP contribution < -0.4 is 5.32 Å². The third kappa shape index (κ3) is 3.67. The van der Waals surface area contributed by atoms with Crippen molar-refractivity contribution in [3.8, 4) is 0 Å². The van der Waals surface area contributed by atoms with Crippen LogP contribution in [0.25, 0.3) is 0 Å². The third-order valence-corrected chi connectivity index (χ3v) is 4.31. The second-order valence-corrected chi connectivity index (χ2v) is 6.18. The summed E-state index contributed by atoms with van der Waals surface area (Å²) in [5.74, 6) is 1.76. The molecule has 1 heterocycles. The summed E-state index contributed by atoms with van der Waals surface area (Å²) in [5.41, 5.74) is 0. The summed E-state index contributed by atoms with van der Waals surface area (Å²) in [7, 11) is 0. The van der Waals surface area contributed by atoms with Crippen LogP contribution in [-0.4, -0.2) is 47.5 Å². The van der Waals surface area contributed by atoms with Crippen molar-refractivity contribution in [3.05, 3.63) is 0 Å². The number of hydrogen-bond donors (Lipinski definition) is 1. The van der Waals surface area contributed by atoms with E-state index in [0.717, 1.165) is 25.4 Å². The van der Waals surface area contributed by atoms with Crippen LogP contribution in [0.2, 0.25) is 0 Å². The molecule has 1 amide bonds. The smallest absolute Gasteiger partial charge is 0.236 e. The topological polar surface area (TPSA) is 32.3 Å². The first-order valence-electron chi connectivity index (χ1n) is 6.20. The number of piperazine rings is 1. The first-order chi connectivity index (χ1) is 7.56. The Bertz CT molecular complexity index is 233. The lowest BCUT2D eigenvalue weighted by Gasteiger charge is -2.35. The Balaban J connectivity index is 2.58. The quantitative estimate of drug-likeness (QED) is 0.815. The summed E-state index contributed by atoms with van der Waals surface area (Å²) in [5, 5.41) is 3.50. The molecule has 1 saturated heterocycles. The minimum Gasteiger partial charge on any atom is -0.339 e. The van der Waals surface area contributed by atoms with E-state index in [1.54, 1.807) is 11.8 Å². The number of hydrogen-bond acceptors (Lipinski definition) is 3. The summed E-state index contributed by atoms with van der Waals surface area (Å²) in [4.78, 5) is 14.4. The molecular formula is C12H24N2OS. The molecule has 1 fully saturated rings. The molecule has 0 spiro atoms. The zero-order valence-electron chi connectivity index (χ0n) is 10.8. The van der Waals surface area contributed by atoms with Gasteiger partial charge >= 0.3 is 0 Å². The maximum atomic E-state index is 12.4. The van der Waals surface area contributed by atoms with Crippen LogP contribution in [0.4, 0.5) is 0 Å². The summed E-state index contributed by atoms with van der Waals surface area (Å²) in [6, 6.07) is 0.428. The normalized spacial score (nSPS) is 23.6. The third-order valence-electron chi connectivity index (χ3n) is 2.88. The molecule has 3 nitrogen and oxygen atoms in total.